The van der Waals surface area contributed by atoms with Gasteiger partial charge in [0.25, 0.3) is 11.1 Å². The zero-order chi connectivity index (χ0) is 24.2. The van der Waals surface area contributed by atoms with Crippen LogP contribution in [0, 0.1) is 0 Å². The van der Waals surface area contributed by atoms with E-state index in [9.17, 15) is 14.4 Å². The molecule has 0 amide bonds. The molecule has 174 valence electrons. The molecule has 33 heavy (non-hydrogen) atoms. The van der Waals surface area contributed by atoms with Crippen molar-refractivity contribution in [2.24, 2.45) is 0 Å². The summed E-state index contributed by atoms with van der Waals surface area (Å²) in [7, 11) is 1.49. The Kier molecular flexibility index (Phi) is 7.01. The van der Waals surface area contributed by atoms with Crippen LogP contribution in [0.15, 0.2) is 34.1 Å². The molecule has 2 aromatic heterocycles. The second-order valence-electron chi connectivity index (χ2n) is 8.61. The number of nitrogens with one attached hydrogen (secondary N) is 3. The summed E-state index contributed by atoms with van der Waals surface area (Å²) in [5, 5.41) is 0.333. The summed E-state index contributed by atoms with van der Waals surface area (Å²) in [5.41, 5.74) is 1.41. The standard InChI is InChI=1S/C24H28N4O5/c1-14(29)33-19-10-9-15(11-20(19)32-5)7-6-8-16-22(30)28-18(23(31)27-16)12-17-21(24(2,3)4)26-13-25-17/h8-13H,6-7H2,1-5H3,(H,25,26)(H,27,31)(H,28,30)/b16-8-,18-12-. The molecular formula is C24H28N4O5. The lowest BCUT2D eigenvalue weighted by Crippen LogP contribution is -2.46. The first-order valence-electron chi connectivity index (χ1n) is 10.5. The summed E-state index contributed by atoms with van der Waals surface area (Å²) in [4.78, 5) is 48.9. The maximum atomic E-state index is 12.5. The Labute approximate surface area is 190 Å². The zero-order valence-electron chi connectivity index (χ0n) is 19.4. The number of carbonyl (C=O) groups excluding carboxylic acids is 1. The Hall–Kier alpha value is -3.88. The molecule has 0 saturated heterocycles. The SMILES string of the molecule is COc1cc(CC/C=c2\[nH]c(=O)/c(=C/c3nc[nH]c3C(C)(C)C)[nH]c2=O)ccc1OC(C)=O. The molecule has 0 fully saturated rings. The molecule has 9 nitrogen and oxygen atoms in total. The van der Waals surface area contributed by atoms with Crippen LogP contribution in [0.4, 0.5) is 0 Å². The van der Waals surface area contributed by atoms with E-state index >= 15 is 0 Å². The van der Waals surface area contributed by atoms with Crippen LogP contribution in [0.2, 0.25) is 0 Å². The maximum Gasteiger partial charge on any atom is 0.308 e. The number of rotatable bonds is 6. The van der Waals surface area contributed by atoms with Crippen LogP contribution >= 0.6 is 0 Å². The summed E-state index contributed by atoms with van der Waals surface area (Å²) >= 11 is 0. The van der Waals surface area contributed by atoms with Gasteiger partial charge in [-0.3, -0.25) is 14.4 Å². The monoisotopic (exact) mass is 452 g/mol. The molecule has 3 rings (SSSR count). The van der Waals surface area contributed by atoms with E-state index in [2.05, 4.69) is 19.9 Å². The largest absolute Gasteiger partial charge is 0.493 e. The molecule has 0 radical (unpaired) electrons. The minimum Gasteiger partial charge on any atom is -0.493 e. The van der Waals surface area contributed by atoms with Crippen molar-refractivity contribution in [1.82, 2.24) is 19.9 Å². The van der Waals surface area contributed by atoms with Crippen molar-refractivity contribution in [3.63, 3.8) is 0 Å². The average molecular weight is 453 g/mol. The van der Waals surface area contributed by atoms with Gasteiger partial charge in [-0.05, 0) is 36.6 Å². The van der Waals surface area contributed by atoms with E-state index in [4.69, 9.17) is 9.47 Å². The highest BCUT2D eigenvalue weighted by Crippen LogP contribution is 2.28. The molecule has 3 aromatic rings. The minimum absolute atomic E-state index is 0.139. The van der Waals surface area contributed by atoms with Crippen molar-refractivity contribution >= 4 is 18.1 Å². The summed E-state index contributed by atoms with van der Waals surface area (Å²) in [6.45, 7) is 7.41. The number of aryl methyl sites for hydroxylation is 1. The molecule has 0 bridgehead atoms. The smallest absolute Gasteiger partial charge is 0.308 e. The minimum atomic E-state index is -0.430. The summed E-state index contributed by atoms with van der Waals surface area (Å²) in [5.74, 6) is 0.360. The second kappa shape index (κ2) is 9.72. The molecule has 0 aliphatic carbocycles. The van der Waals surface area contributed by atoms with Gasteiger partial charge < -0.3 is 24.4 Å². The number of ether oxygens (including phenoxy) is 2. The average Bonchev–Trinajstić information content (AvgIpc) is 3.21. The predicted octanol–water partition coefficient (Wildman–Crippen LogP) is 1.26. The van der Waals surface area contributed by atoms with Gasteiger partial charge in [-0.25, -0.2) is 4.98 Å². The van der Waals surface area contributed by atoms with Gasteiger partial charge >= 0.3 is 5.97 Å². The third-order valence-electron chi connectivity index (χ3n) is 4.95. The van der Waals surface area contributed by atoms with Crippen LogP contribution in [-0.2, 0) is 16.6 Å². The zero-order valence-corrected chi connectivity index (χ0v) is 19.4. The Morgan fingerprint density at radius 2 is 1.79 bits per heavy atom. The van der Waals surface area contributed by atoms with Gasteiger partial charge in [-0.1, -0.05) is 32.9 Å². The molecule has 3 N–H and O–H groups in total. The highest BCUT2D eigenvalue weighted by Gasteiger charge is 2.19. The molecule has 0 aliphatic heterocycles. The first-order chi connectivity index (χ1) is 15.6. The fraction of sp³-hybridized carbons (Fsp3) is 0.333. The van der Waals surface area contributed by atoms with Gasteiger partial charge in [0.05, 0.1) is 19.1 Å². The lowest BCUT2D eigenvalue weighted by Gasteiger charge is -2.16. The lowest BCUT2D eigenvalue weighted by molar-refractivity contribution is -0.132. The van der Waals surface area contributed by atoms with Gasteiger partial charge in [-0.2, -0.15) is 0 Å². The van der Waals surface area contributed by atoms with E-state index in [0.717, 1.165) is 11.3 Å². The Bertz CT molecular complexity index is 1390. The molecule has 0 unspecified atom stereocenters. The van der Waals surface area contributed by atoms with Crippen molar-refractivity contribution in [1.29, 1.82) is 0 Å². The predicted molar refractivity (Wildman–Crippen MR) is 125 cm³/mol. The van der Waals surface area contributed by atoms with Crippen molar-refractivity contribution in [2.75, 3.05) is 7.11 Å². The quantitative estimate of drug-likeness (QED) is 0.381. The van der Waals surface area contributed by atoms with E-state index in [1.807, 2.05) is 26.8 Å². The summed E-state index contributed by atoms with van der Waals surface area (Å²) in [6.07, 6.45) is 5.90. The van der Waals surface area contributed by atoms with E-state index in [1.165, 1.54) is 14.0 Å². The lowest BCUT2D eigenvalue weighted by atomic mass is 9.90. The Morgan fingerprint density at radius 1 is 1.09 bits per heavy atom. The van der Waals surface area contributed by atoms with Crippen molar-refractivity contribution < 1.29 is 14.3 Å². The fourth-order valence-electron chi connectivity index (χ4n) is 3.38. The van der Waals surface area contributed by atoms with E-state index in [1.54, 1.807) is 30.6 Å². The molecule has 2 heterocycles. The van der Waals surface area contributed by atoms with Crippen molar-refractivity contribution in [2.45, 2.75) is 46.0 Å². The van der Waals surface area contributed by atoms with Gasteiger partial charge in [-0.15, -0.1) is 0 Å². The molecule has 0 saturated carbocycles. The van der Waals surface area contributed by atoms with Crippen molar-refractivity contribution in [3.05, 3.63) is 72.9 Å². The number of aromatic nitrogens is 4. The molecule has 1 aromatic carbocycles. The molecular weight excluding hydrogens is 424 g/mol. The second-order valence-corrected chi connectivity index (χ2v) is 8.61. The number of H-pyrrole nitrogens is 3. The highest BCUT2D eigenvalue weighted by atomic mass is 16.6. The van der Waals surface area contributed by atoms with Crippen LogP contribution < -0.4 is 31.3 Å². The van der Waals surface area contributed by atoms with Crippen molar-refractivity contribution in [3.8, 4) is 11.5 Å². The van der Waals surface area contributed by atoms with Gasteiger partial charge in [0.1, 0.15) is 10.7 Å². The van der Waals surface area contributed by atoms with Gasteiger partial charge in [0, 0.05) is 18.0 Å². The number of methoxy groups -OCH3 is 1. The van der Waals surface area contributed by atoms with Crippen LogP contribution in [-0.4, -0.2) is 33.0 Å². The number of hydrogen-bond donors (Lipinski definition) is 3. The summed E-state index contributed by atoms with van der Waals surface area (Å²) in [6, 6.07) is 5.25. The molecule has 9 heteroatoms. The first kappa shape index (κ1) is 23.8. The Morgan fingerprint density at radius 3 is 2.45 bits per heavy atom. The number of nitrogens with zero attached hydrogens (tertiary/aromatic N) is 1. The van der Waals surface area contributed by atoms with Gasteiger partial charge in [0.15, 0.2) is 11.5 Å². The normalized spacial score (nSPS) is 12.8. The van der Waals surface area contributed by atoms with Crippen LogP contribution in [0.25, 0.3) is 12.2 Å². The molecule has 0 aliphatic rings. The fourth-order valence-corrected chi connectivity index (χ4v) is 3.38. The van der Waals surface area contributed by atoms with Crippen LogP contribution in [0.1, 0.15) is 51.1 Å². The van der Waals surface area contributed by atoms with E-state index in [-0.39, 0.29) is 16.1 Å². The maximum absolute atomic E-state index is 12.5. The van der Waals surface area contributed by atoms with Crippen LogP contribution in [0.3, 0.4) is 0 Å². The number of hydrogen-bond acceptors (Lipinski definition) is 6. The number of aromatic amines is 3. The number of carbonyl (C=O) groups is 1. The number of esters is 1. The number of benzene rings is 1. The van der Waals surface area contributed by atoms with E-state index < -0.39 is 17.1 Å². The third-order valence-corrected chi connectivity index (χ3v) is 4.95. The highest BCUT2D eigenvalue weighted by molar-refractivity contribution is 5.70. The Balaban J connectivity index is 1.83. The van der Waals surface area contributed by atoms with Crippen LogP contribution in [0.5, 0.6) is 11.5 Å². The van der Waals surface area contributed by atoms with E-state index in [0.29, 0.717) is 30.0 Å². The first-order valence-corrected chi connectivity index (χ1v) is 10.5. The third kappa shape index (κ3) is 5.88. The topological polar surface area (TPSA) is 130 Å². The molecule has 0 atom stereocenters. The summed E-state index contributed by atoms with van der Waals surface area (Å²) < 4.78 is 10.4. The molecule has 0 spiro atoms. The number of imidazole rings is 1. The van der Waals surface area contributed by atoms with Gasteiger partial charge in [0.2, 0.25) is 0 Å².